The molecular weight excluding hydrogens is 284 g/mol. The van der Waals surface area contributed by atoms with Crippen LogP contribution in [-0.2, 0) is 0 Å². The second kappa shape index (κ2) is 8.11. The van der Waals surface area contributed by atoms with Crippen molar-refractivity contribution in [1.29, 1.82) is 0 Å². The number of nitrogens with one attached hydrogen (secondary N) is 2. The molecular formula is C20H22N2O. The lowest BCUT2D eigenvalue weighted by molar-refractivity contribution is 0.0917. The molecule has 3 heteroatoms. The third-order valence-electron chi connectivity index (χ3n) is 3.51. The maximum absolute atomic E-state index is 12.1. The number of hydrazine groups is 1. The first-order valence-corrected chi connectivity index (χ1v) is 7.61. The van der Waals surface area contributed by atoms with E-state index in [0.717, 1.165) is 5.56 Å². The molecule has 2 rings (SSSR count). The number of amides is 1. The van der Waals surface area contributed by atoms with Gasteiger partial charge in [0.2, 0.25) is 0 Å². The quantitative estimate of drug-likeness (QED) is 0.600. The van der Waals surface area contributed by atoms with Gasteiger partial charge in [-0.1, -0.05) is 66.8 Å². The van der Waals surface area contributed by atoms with Crippen molar-refractivity contribution in [2.24, 2.45) is 0 Å². The van der Waals surface area contributed by atoms with Gasteiger partial charge in [-0.3, -0.25) is 10.2 Å². The summed E-state index contributed by atoms with van der Waals surface area (Å²) in [6.07, 6.45) is 6.59. The highest BCUT2D eigenvalue weighted by Crippen LogP contribution is 2.14. The predicted octanol–water partition coefficient (Wildman–Crippen LogP) is 3.97. The van der Waals surface area contributed by atoms with E-state index in [-0.39, 0.29) is 5.91 Å². The zero-order valence-electron chi connectivity index (χ0n) is 13.3. The van der Waals surface area contributed by atoms with Crippen molar-refractivity contribution in [2.45, 2.75) is 18.9 Å². The van der Waals surface area contributed by atoms with Crippen LogP contribution in [0.5, 0.6) is 0 Å². The zero-order chi connectivity index (χ0) is 16.5. The van der Waals surface area contributed by atoms with Crippen molar-refractivity contribution in [3.05, 3.63) is 90.5 Å². The molecule has 0 bridgehead atoms. The molecule has 0 aliphatic rings. The Hall–Kier alpha value is -2.65. The number of carbonyl (C=O) groups excluding carboxylic acids is 1. The Morgan fingerprint density at radius 1 is 1.09 bits per heavy atom. The number of hydrogen-bond acceptors (Lipinski definition) is 2. The SMILES string of the molecule is C=CCC(C)(/C=C/c1ccccc1)NNC(=O)c1ccccc1. The van der Waals surface area contributed by atoms with Crippen LogP contribution in [0.25, 0.3) is 6.08 Å². The van der Waals surface area contributed by atoms with E-state index >= 15 is 0 Å². The van der Waals surface area contributed by atoms with Gasteiger partial charge in [-0.05, 0) is 31.0 Å². The van der Waals surface area contributed by atoms with E-state index < -0.39 is 5.54 Å². The lowest BCUT2D eigenvalue weighted by Gasteiger charge is -2.26. The summed E-state index contributed by atoms with van der Waals surface area (Å²) in [6, 6.07) is 19.2. The molecule has 1 amide bonds. The lowest BCUT2D eigenvalue weighted by atomic mass is 9.97. The van der Waals surface area contributed by atoms with Gasteiger partial charge in [0, 0.05) is 5.56 Å². The Morgan fingerprint density at radius 2 is 1.70 bits per heavy atom. The summed E-state index contributed by atoms with van der Waals surface area (Å²) >= 11 is 0. The first-order chi connectivity index (χ1) is 11.1. The summed E-state index contributed by atoms with van der Waals surface area (Å²) in [5.74, 6) is -0.158. The lowest BCUT2D eigenvalue weighted by Crippen LogP contribution is -2.51. The highest BCUT2D eigenvalue weighted by atomic mass is 16.2. The van der Waals surface area contributed by atoms with Crippen molar-refractivity contribution in [3.63, 3.8) is 0 Å². The number of benzene rings is 2. The van der Waals surface area contributed by atoms with E-state index in [1.807, 2.05) is 73.7 Å². The minimum Gasteiger partial charge on any atom is -0.287 e. The second-order valence-electron chi connectivity index (χ2n) is 5.60. The first-order valence-electron chi connectivity index (χ1n) is 7.61. The number of rotatable bonds is 7. The van der Waals surface area contributed by atoms with E-state index in [0.29, 0.717) is 12.0 Å². The molecule has 0 saturated carbocycles. The van der Waals surface area contributed by atoms with E-state index in [9.17, 15) is 4.79 Å². The van der Waals surface area contributed by atoms with E-state index in [1.165, 1.54) is 0 Å². The van der Waals surface area contributed by atoms with Crippen molar-refractivity contribution < 1.29 is 4.79 Å². The summed E-state index contributed by atoms with van der Waals surface area (Å²) < 4.78 is 0. The fraction of sp³-hybridized carbons (Fsp3) is 0.150. The summed E-state index contributed by atoms with van der Waals surface area (Å²) in [5, 5.41) is 0. The van der Waals surface area contributed by atoms with Gasteiger partial charge in [0.25, 0.3) is 5.91 Å². The minimum absolute atomic E-state index is 0.158. The van der Waals surface area contributed by atoms with Crippen molar-refractivity contribution in [2.75, 3.05) is 0 Å². The molecule has 2 aromatic carbocycles. The summed E-state index contributed by atoms with van der Waals surface area (Å²) in [6.45, 7) is 5.81. The maximum Gasteiger partial charge on any atom is 0.265 e. The predicted molar refractivity (Wildman–Crippen MR) is 95.7 cm³/mol. The molecule has 23 heavy (non-hydrogen) atoms. The van der Waals surface area contributed by atoms with Crippen LogP contribution in [0.1, 0.15) is 29.3 Å². The van der Waals surface area contributed by atoms with Gasteiger partial charge in [-0.15, -0.1) is 6.58 Å². The van der Waals surface area contributed by atoms with Crippen LogP contribution >= 0.6 is 0 Å². The molecule has 0 heterocycles. The third-order valence-corrected chi connectivity index (χ3v) is 3.51. The Kier molecular flexibility index (Phi) is 5.89. The summed E-state index contributed by atoms with van der Waals surface area (Å²) in [7, 11) is 0. The molecule has 2 N–H and O–H groups in total. The molecule has 0 spiro atoms. The normalized spacial score (nSPS) is 13.4. The van der Waals surface area contributed by atoms with Crippen LogP contribution in [0, 0.1) is 0 Å². The minimum atomic E-state index is -0.415. The van der Waals surface area contributed by atoms with Crippen LogP contribution in [0.4, 0.5) is 0 Å². The van der Waals surface area contributed by atoms with Gasteiger partial charge in [0.1, 0.15) is 0 Å². The van der Waals surface area contributed by atoms with E-state index in [1.54, 1.807) is 12.1 Å². The van der Waals surface area contributed by atoms with Crippen LogP contribution in [0.3, 0.4) is 0 Å². The highest BCUT2D eigenvalue weighted by molar-refractivity contribution is 5.93. The smallest absolute Gasteiger partial charge is 0.265 e. The van der Waals surface area contributed by atoms with Gasteiger partial charge in [-0.2, -0.15) is 0 Å². The third kappa shape index (κ3) is 5.24. The standard InChI is InChI=1S/C20H22N2O/c1-3-15-20(2,16-14-17-10-6-4-7-11-17)22-21-19(23)18-12-8-5-9-13-18/h3-14,16,22H,1,15H2,2H3,(H,21,23)/b16-14+. The molecule has 0 aliphatic heterocycles. The fourth-order valence-corrected chi connectivity index (χ4v) is 2.17. The molecule has 118 valence electrons. The molecule has 3 nitrogen and oxygen atoms in total. The molecule has 0 fully saturated rings. The van der Waals surface area contributed by atoms with Crippen LogP contribution < -0.4 is 10.9 Å². The Morgan fingerprint density at radius 3 is 2.30 bits per heavy atom. The molecule has 1 unspecified atom stereocenters. The van der Waals surface area contributed by atoms with E-state index in [2.05, 4.69) is 17.4 Å². The largest absolute Gasteiger partial charge is 0.287 e. The summed E-state index contributed by atoms with van der Waals surface area (Å²) in [4.78, 5) is 12.1. The van der Waals surface area contributed by atoms with Crippen LogP contribution in [-0.4, -0.2) is 11.4 Å². The molecule has 0 radical (unpaired) electrons. The monoisotopic (exact) mass is 306 g/mol. The van der Waals surface area contributed by atoms with Gasteiger partial charge >= 0.3 is 0 Å². The highest BCUT2D eigenvalue weighted by Gasteiger charge is 2.19. The van der Waals surface area contributed by atoms with Gasteiger partial charge < -0.3 is 0 Å². The van der Waals surface area contributed by atoms with Crippen molar-refractivity contribution >= 4 is 12.0 Å². The number of carbonyl (C=O) groups is 1. The molecule has 0 saturated heterocycles. The van der Waals surface area contributed by atoms with Crippen molar-refractivity contribution in [1.82, 2.24) is 10.9 Å². The fourth-order valence-electron chi connectivity index (χ4n) is 2.17. The van der Waals surface area contributed by atoms with Crippen molar-refractivity contribution in [3.8, 4) is 0 Å². The van der Waals surface area contributed by atoms with Gasteiger partial charge in [0.05, 0.1) is 5.54 Å². The average molecular weight is 306 g/mol. The molecule has 2 aromatic rings. The molecule has 0 aromatic heterocycles. The second-order valence-corrected chi connectivity index (χ2v) is 5.60. The first kappa shape index (κ1) is 16.7. The average Bonchev–Trinajstić information content (AvgIpc) is 2.60. The Balaban J connectivity index is 2.04. The van der Waals surface area contributed by atoms with Crippen LogP contribution in [0.15, 0.2) is 79.4 Å². The number of hydrogen-bond donors (Lipinski definition) is 2. The zero-order valence-corrected chi connectivity index (χ0v) is 13.3. The maximum atomic E-state index is 12.1. The van der Waals surface area contributed by atoms with Gasteiger partial charge in [0.15, 0.2) is 0 Å². The van der Waals surface area contributed by atoms with E-state index in [4.69, 9.17) is 0 Å². The molecule has 0 aliphatic carbocycles. The summed E-state index contributed by atoms with van der Waals surface area (Å²) in [5.41, 5.74) is 7.19. The molecule has 1 atom stereocenters. The Labute approximate surface area is 137 Å². The van der Waals surface area contributed by atoms with Crippen LogP contribution in [0.2, 0.25) is 0 Å². The van der Waals surface area contributed by atoms with Gasteiger partial charge in [-0.25, -0.2) is 5.43 Å². The topological polar surface area (TPSA) is 41.1 Å². The Bertz CT molecular complexity index is 665.